The van der Waals surface area contributed by atoms with E-state index in [4.69, 9.17) is 42.8 Å². The van der Waals surface area contributed by atoms with Crippen molar-refractivity contribution in [1.29, 1.82) is 0 Å². The first kappa shape index (κ1) is 29.0. The maximum absolute atomic E-state index is 13.3. The first-order valence-electron chi connectivity index (χ1n) is 13.4. The van der Waals surface area contributed by atoms with E-state index >= 15 is 0 Å². The lowest BCUT2D eigenvalue weighted by atomic mass is 9.96. The van der Waals surface area contributed by atoms with E-state index in [-0.39, 0.29) is 5.97 Å². The third kappa shape index (κ3) is 7.07. The summed E-state index contributed by atoms with van der Waals surface area (Å²) in [6.07, 6.45) is 1.74. The van der Waals surface area contributed by atoms with Gasteiger partial charge in [-0.2, -0.15) is 4.98 Å². The summed E-state index contributed by atoms with van der Waals surface area (Å²) in [6, 6.07) is 22.6. The predicted octanol–water partition coefficient (Wildman–Crippen LogP) is 8.09. The predicted molar refractivity (Wildman–Crippen MR) is 164 cm³/mol. The SMILES string of the molecule is CCCCOC(=O)C1=C(C)Nc2nc(SCc3ccccc3)nn2C1c1ccc(OCc2ccc(Cl)cc2Cl)cc1. The molecule has 212 valence electrons. The van der Waals surface area contributed by atoms with Crippen LogP contribution in [0.3, 0.4) is 0 Å². The Morgan fingerprint density at radius 3 is 2.59 bits per heavy atom. The number of esters is 1. The fraction of sp³-hybridized carbons (Fsp3) is 0.258. The Bertz CT molecular complexity index is 1540. The van der Waals surface area contributed by atoms with Crippen molar-refractivity contribution in [3.05, 3.63) is 111 Å². The number of carbonyl (C=O) groups is 1. The molecule has 1 aliphatic rings. The highest BCUT2D eigenvalue weighted by molar-refractivity contribution is 7.98. The summed E-state index contributed by atoms with van der Waals surface area (Å²) in [7, 11) is 0. The molecule has 1 N–H and O–H groups in total. The topological polar surface area (TPSA) is 78.3 Å². The number of thioether (sulfide) groups is 1. The van der Waals surface area contributed by atoms with Gasteiger partial charge in [-0.15, -0.1) is 5.10 Å². The Morgan fingerprint density at radius 1 is 1.07 bits per heavy atom. The number of fused-ring (bicyclic) bond motifs is 1. The summed E-state index contributed by atoms with van der Waals surface area (Å²) in [5.74, 6) is 1.60. The normalized spacial score (nSPS) is 14.4. The van der Waals surface area contributed by atoms with Gasteiger partial charge < -0.3 is 14.8 Å². The third-order valence-electron chi connectivity index (χ3n) is 6.60. The van der Waals surface area contributed by atoms with Gasteiger partial charge in [0.15, 0.2) is 0 Å². The number of nitrogens with one attached hydrogen (secondary N) is 1. The smallest absolute Gasteiger partial charge is 0.338 e. The molecule has 0 aliphatic carbocycles. The van der Waals surface area contributed by atoms with Crippen LogP contribution < -0.4 is 10.1 Å². The Balaban J connectivity index is 1.40. The second-order valence-corrected chi connectivity index (χ2v) is 11.4. The molecule has 5 rings (SSSR count). The van der Waals surface area contributed by atoms with Gasteiger partial charge in [0.25, 0.3) is 0 Å². The van der Waals surface area contributed by atoms with E-state index in [9.17, 15) is 4.79 Å². The first-order chi connectivity index (χ1) is 19.9. The Morgan fingerprint density at radius 2 is 1.85 bits per heavy atom. The quantitative estimate of drug-likeness (QED) is 0.105. The highest BCUT2D eigenvalue weighted by Gasteiger charge is 2.35. The van der Waals surface area contributed by atoms with Crippen molar-refractivity contribution in [2.24, 2.45) is 0 Å². The molecular formula is C31H30Cl2N4O3S. The number of carbonyl (C=O) groups excluding carboxylic acids is 1. The number of hydrogen-bond donors (Lipinski definition) is 1. The van der Waals surface area contributed by atoms with E-state index in [0.717, 1.165) is 29.7 Å². The van der Waals surface area contributed by atoms with Gasteiger partial charge in [-0.25, -0.2) is 9.48 Å². The molecule has 1 aliphatic heterocycles. The number of ether oxygens (including phenoxy) is 2. The van der Waals surface area contributed by atoms with E-state index in [1.54, 1.807) is 28.6 Å². The molecule has 0 spiro atoms. The van der Waals surface area contributed by atoms with Crippen LogP contribution in [0.1, 0.15) is 49.4 Å². The van der Waals surface area contributed by atoms with Crippen LogP contribution in [0, 0.1) is 0 Å². The minimum atomic E-state index is -0.515. The van der Waals surface area contributed by atoms with Crippen molar-refractivity contribution in [2.75, 3.05) is 11.9 Å². The van der Waals surface area contributed by atoms with Crippen molar-refractivity contribution < 1.29 is 14.3 Å². The van der Waals surface area contributed by atoms with Crippen LogP contribution in [0.5, 0.6) is 5.75 Å². The average Bonchev–Trinajstić information content (AvgIpc) is 3.38. The van der Waals surface area contributed by atoms with Crippen LogP contribution in [0.15, 0.2) is 89.2 Å². The molecule has 7 nitrogen and oxygen atoms in total. The number of unbranched alkanes of at least 4 members (excludes halogenated alkanes) is 1. The van der Waals surface area contributed by atoms with Crippen LogP contribution >= 0.6 is 35.0 Å². The van der Waals surface area contributed by atoms with E-state index in [1.165, 1.54) is 5.56 Å². The van der Waals surface area contributed by atoms with Gasteiger partial charge in [-0.3, -0.25) is 0 Å². The van der Waals surface area contributed by atoms with Gasteiger partial charge in [0.1, 0.15) is 18.4 Å². The Hall–Kier alpha value is -3.46. The molecule has 1 unspecified atom stereocenters. The van der Waals surface area contributed by atoms with Crippen molar-refractivity contribution in [3.8, 4) is 5.75 Å². The third-order valence-corrected chi connectivity index (χ3v) is 8.10. The van der Waals surface area contributed by atoms with Crippen molar-refractivity contribution >= 4 is 46.9 Å². The number of benzene rings is 3. The molecule has 0 saturated heterocycles. The van der Waals surface area contributed by atoms with E-state index in [0.29, 0.717) is 51.4 Å². The van der Waals surface area contributed by atoms with Gasteiger partial charge in [0.05, 0.1) is 12.2 Å². The van der Waals surface area contributed by atoms with Gasteiger partial charge in [0.2, 0.25) is 11.1 Å². The molecule has 4 aromatic rings. The maximum atomic E-state index is 13.3. The van der Waals surface area contributed by atoms with E-state index < -0.39 is 6.04 Å². The van der Waals surface area contributed by atoms with Gasteiger partial charge in [-0.05, 0) is 48.7 Å². The lowest BCUT2D eigenvalue weighted by molar-refractivity contribution is -0.139. The van der Waals surface area contributed by atoms with Crippen LogP contribution in [-0.2, 0) is 21.9 Å². The minimum Gasteiger partial charge on any atom is -0.489 e. The highest BCUT2D eigenvalue weighted by Crippen LogP contribution is 2.37. The number of allylic oxidation sites excluding steroid dienone is 1. The fourth-order valence-electron chi connectivity index (χ4n) is 4.42. The molecule has 0 bridgehead atoms. The van der Waals surface area contributed by atoms with Crippen molar-refractivity contribution in [2.45, 2.75) is 50.2 Å². The van der Waals surface area contributed by atoms with Crippen LogP contribution in [-0.4, -0.2) is 27.3 Å². The molecule has 41 heavy (non-hydrogen) atoms. The zero-order chi connectivity index (χ0) is 28.8. The standard InChI is InChI=1S/C31H30Cl2N4O3S/c1-3-4-16-39-29(38)27-20(2)34-30-35-31(41-19-21-8-6-5-7-9-21)36-37(30)28(27)22-11-14-25(15-12-22)40-18-23-10-13-24(32)17-26(23)33/h5-15,17,28H,3-4,16,18-19H2,1-2H3,(H,34,35,36). The average molecular weight is 610 g/mol. The van der Waals surface area contributed by atoms with Crippen molar-refractivity contribution in [1.82, 2.24) is 14.8 Å². The molecule has 1 aromatic heterocycles. The zero-order valence-corrected chi connectivity index (χ0v) is 25.1. The van der Waals surface area contributed by atoms with Crippen LogP contribution in [0.2, 0.25) is 10.0 Å². The number of hydrogen-bond acceptors (Lipinski definition) is 7. The number of anilines is 1. The molecule has 2 heterocycles. The Kier molecular flexibility index (Phi) is 9.54. The molecule has 3 aromatic carbocycles. The summed E-state index contributed by atoms with van der Waals surface area (Å²) in [6.45, 7) is 4.59. The molecule has 0 saturated carbocycles. The summed E-state index contributed by atoms with van der Waals surface area (Å²) in [5, 5.41) is 9.82. The molecular weight excluding hydrogens is 579 g/mol. The largest absolute Gasteiger partial charge is 0.489 e. The lowest BCUT2D eigenvalue weighted by Crippen LogP contribution is -2.29. The monoisotopic (exact) mass is 608 g/mol. The summed E-state index contributed by atoms with van der Waals surface area (Å²) in [5.41, 5.74) is 4.06. The molecule has 1 atom stereocenters. The summed E-state index contributed by atoms with van der Waals surface area (Å²) in [4.78, 5) is 18.1. The number of rotatable bonds is 11. The number of aromatic nitrogens is 3. The molecule has 0 fully saturated rings. The van der Waals surface area contributed by atoms with E-state index in [2.05, 4.69) is 24.4 Å². The fourth-order valence-corrected chi connectivity index (χ4v) is 5.67. The zero-order valence-electron chi connectivity index (χ0n) is 22.8. The van der Waals surface area contributed by atoms with Gasteiger partial charge in [0, 0.05) is 27.1 Å². The molecule has 0 radical (unpaired) electrons. The molecule has 0 amide bonds. The second-order valence-electron chi connectivity index (χ2n) is 9.59. The van der Waals surface area contributed by atoms with Gasteiger partial charge >= 0.3 is 5.97 Å². The second kappa shape index (κ2) is 13.5. The van der Waals surface area contributed by atoms with Gasteiger partial charge in [-0.1, -0.05) is 96.8 Å². The van der Waals surface area contributed by atoms with Crippen LogP contribution in [0.25, 0.3) is 0 Å². The van der Waals surface area contributed by atoms with E-state index in [1.807, 2.05) is 55.5 Å². The van der Waals surface area contributed by atoms with Crippen molar-refractivity contribution in [3.63, 3.8) is 0 Å². The lowest BCUT2D eigenvalue weighted by Gasteiger charge is -2.28. The Labute approximate surface area is 253 Å². The first-order valence-corrected chi connectivity index (χ1v) is 15.1. The summed E-state index contributed by atoms with van der Waals surface area (Å²) < 4.78 is 13.4. The number of halogens is 2. The summed E-state index contributed by atoms with van der Waals surface area (Å²) >= 11 is 13.9. The maximum Gasteiger partial charge on any atom is 0.338 e. The number of nitrogens with zero attached hydrogens (tertiary/aromatic N) is 3. The van der Waals surface area contributed by atoms with Crippen LogP contribution in [0.4, 0.5) is 5.95 Å². The molecule has 10 heteroatoms. The minimum absolute atomic E-state index is 0.298. The highest BCUT2D eigenvalue weighted by atomic mass is 35.5.